The monoisotopic (exact) mass is 325 g/mol. The van der Waals surface area contributed by atoms with Crippen LogP contribution in [-0.4, -0.2) is 31.8 Å². The molecule has 2 aromatic heterocycles. The van der Waals surface area contributed by atoms with Gasteiger partial charge in [-0.25, -0.2) is 0 Å². The van der Waals surface area contributed by atoms with E-state index in [0.717, 1.165) is 10.5 Å². The standard InChI is InChI=1S/C16H15N5OS/c1-11-6-2-3-8-13(11)23-10-14(22)18-16-19-15(20-21-16)12-7-4-5-9-17-12/h2-9H,10H2,1H3,(H2,18,19,20,21,22). The molecule has 1 aromatic carbocycles. The number of carbonyl (C=O) groups is 1. The average molecular weight is 325 g/mol. The molecule has 0 bridgehead atoms. The molecule has 0 radical (unpaired) electrons. The highest BCUT2D eigenvalue weighted by molar-refractivity contribution is 8.00. The maximum Gasteiger partial charge on any atom is 0.249 e. The highest BCUT2D eigenvalue weighted by atomic mass is 32.2. The number of H-pyrrole nitrogens is 1. The molecule has 0 fully saturated rings. The van der Waals surface area contributed by atoms with E-state index in [-0.39, 0.29) is 11.9 Å². The molecule has 6 nitrogen and oxygen atoms in total. The quantitative estimate of drug-likeness (QED) is 0.705. The summed E-state index contributed by atoms with van der Waals surface area (Å²) in [7, 11) is 0. The summed E-state index contributed by atoms with van der Waals surface area (Å²) in [5, 5.41) is 9.43. The molecule has 0 aliphatic carbocycles. The number of aromatic nitrogens is 4. The van der Waals surface area contributed by atoms with Crippen LogP contribution in [0.4, 0.5) is 5.95 Å². The molecular formula is C16H15N5OS. The van der Waals surface area contributed by atoms with Crippen molar-refractivity contribution in [2.75, 3.05) is 11.1 Å². The van der Waals surface area contributed by atoms with Gasteiger partial charge in [-0.1, -0.05) is 24.3 Å². The van der Waals surface area contributed by atoms with Crippen molar-refractivity contribution in [3.05, 3.63) is 54.2 Å². The number of nitrogens with one attached hydrogen (secondary N) is 2. The Balaban J connectivity index is 1.58. The minimum atomic E-state index is -0.148. The topological polar surface area (TPSA) is 83.6 Å². The van der Waals surface area contributed by atoms with Crippen LogP contribution >= 0.6 is 11.8 Å². The Morgan fingerprint density at radius 1 is 1.22 bits per heavy atom. The third-order valence-electron chi connectivity index (χ3n) is 3.10. The largest absolute Gasteiger partial charge is 0.292 e. The second-order valence-corrected chi connectivity index (χ2v) is 5.84. The molecule has 7 heteroatoms. The SMILES string of the molecule is Cc1ccccc1SCC(=O)Nc1n[nH]c(-c2ccccn2)n1. The first-order chi connectivity index (χ1) is 11.2. The summed E-state index contributed by atoms with van der Waals surface area (Å²) in [6.07, 6.45) is 1.68. The van der Waals surface area contributed by atoms with E-state index < -0.39 is 0 Å². The van der Waals surface area contributed by atoms with Crippen LogP contribution in [0.15, 0.2) is 53.6 Å². The summed E-state index contributed by atoms with van der Waals surface area (Å²) in [6.45, 7) is 2.02. The number of pyridine rings is 1. The fraction of sp³-hybridized carbons (Fsp3) is 0.125. The van der Waals surface area contributed by atoms with Gasteiger partial charge in [0.05, 0.1) is 5.75 Å². The molecule has 116 valence electrons. The molecule has 0 aliphatic heterocycles. The number of amides is 1. The van der Waals surface area contributed by atoms with E-state index in [1.165, 1.54) is 11.8 Å². The lowest BCUT2D eigenvalue weighted by molar-refractivity contribution is -0.113. The van der Waals surface area contributed by atoms with E-state index in [2.05, 4.69) is 25.5 Å². The fourth-order valence-electron chi connectivity index (χ4n) is 1.96. The zero-order chi connectivity index (χ0) is 16.1. The Kier molecular flexibility index (Phi) is 4.68. The molecule has 23 heavy (non-hydrogen) atoms. The zero-order valence-electron chi connectivity index (χ0n) is 12.5. The highest BCUT2D eigenvalue weighted by Crippen LogP contribution is 2.21. The molecule has 0 atom stereocenters. The van der Waals surface area contributed by atoms with Gasteiger partial charge < -0.3 is 0 Å². The lowest BCUT2D eigenvalue weighted by Gasteiger charge is -2.04. The van der Waals surface area contributed by atoms with Gasteiger partial charge in [-0.3, -0.25) is 20.2 Å². The van der Waals surface area contributed by atoms with E-state index in [1.807, 2.05) is 49.4 Å². The van der Waals surface area contributed by atoms with Gasteiger partial charge in [0, 0.05) is 11.1 Å². The second-order valence-electron chi connectivity index (χ2n) is 4.82. The highest BCUT2D eigenvalue weighted by Gasteiger charge is 2.10. The van der Waals surface area contributed by atoms with Crippen molar-refractivity contribution in [3.8, 4) is 11.5 Å². The van der Waals surface area contributed by atoms with Crippen LogP contribution in [0.3, 0.4) is 0 Å². The summed E-state index contributed by atoms with van der Waals surface area (Å²) in [5.41, 5.74) is 1.83. The fourth-order valence-corrected chi connectivity index (χ4v) is 2.79. The zero-order valence-corrected chi connectivity index (χ0v) is 13.3. The van der Waals surface area contributed by atoms with Gasteiger partial charge in [-0.15, -0.1) is 16.9 Å². The molecule has 3 aromatic rings. The minimum absolute atomic E-state index is 0.148. The lowest BCUT2D eigenvalue weighted by atomic mass is 10.2. The third kappa shape index (κ3) is 3.95. The minimum Gasteiger partial charge on any atom is -0.292 e. The number of aryl methyl sites for hydroxylation is 1. The number of thioether (sulfide) groups is 1. The molecule has 0 spiro atoms. The Labute approximate surface area is 137 Å². The molecule has 1 amide bonds. The van der Waals surface area contributed by atoms with Crippen LogP contribution < -0.4 is 5.32 Å². The molecule has 0 saturated carbocycles. The first-order valence-electron chi connectivity index (χ1n) is 7.04. The van der Waals surface area contributed by atoms with Gasteiger partial charge in [-0.05, 0) is 30.7 Å². The van der Waals surface area contributed by atoms with Crippen molar-refractivity contribution >= 4 is 23.6 Å². The number of hydrogen-bond donors (Lipinski definition) is 2. The number of hydrogen-bond acceptors (Lipinski definition) is 5. The second kappa shape index (κ2) is 7.06. The van der Waals surface area contributed by atoms with Crippen LogP contribution in [0, 0.1) is 6.92 Å². The molecule has 0 aliphatic rings. The van der Waals surface area contributed by atoms with Crippen LogP contribution in [0.1, 0.15) is 5.56 Å². The number of rotatable bonds is 5. The number of aromatic amines is 1. The summed E-state index contributed by atoms with van der Waals surface area (Å²) in [6, 6.07) is 13.5. The van der Waals surface area contributed by atoms with Gasteiger partial charge in [-0.2, -0.15) is 4.98 Å². The van der Waals surface area contributed by atoms with E-state index in [9.17, 15) is 4.79 Å². The average Bonchev–Trinajstić information content (AvgIpc) is 3.03. The van der Waals surface area contributed by atoms with Crippen LogP contribution in [0.25, 0.3) is 11.5 Å². The summed E-state index contributed by atoms with van der Waals surface area (Å²) in [5.74, 6) is 0.927. The normalized spacial score (nSPS) is 10.5. The van der Waals surface area contributed by atoms with Crippen molar-refractivity contribution in [2.45, 2.75) is 11.8 Å². The van der Waals surface area contributed by atoms with Crippen LogP contribution in [0.2, 0.25) is 0 Å². The number of nitrogens with zero attached hydrogens (tertiary/aromatic N) is 3. The molecule has 2 N–H and O–H groups in total. The summed E-state index contributed by atoms with van der Waals surface area (Å²) < 4.78 is 0. The van der Waals surface area contributed by atoms with Crippen molar-refractivity contribution in [2.24, 2.45) is 0 Å². The maximum absolute atomic E-state index is 12.0. The Bertz CT molecular complexity index is 803. The van der Waals surface area contributed by atoms with Gasteiger partial charge >= 0.3 is 0 Å². The van der Waals surface area contributed by atoms with E-state index >= 15 is 0 Å². The molecule has 0 unspecified atom stereocenters. The van der Waals surface area contributed by atoms with Gasteiger partial charge in [0.15, 0.2) is 5.82 Å². The van der Waals surface area contributed by atoms with Gasteiger partial charge in [0.1, 0.15) is 5.69 Å². The molecule has 3 rings (SSSR count). The molecule has 2 heterocycles. The van der Waals surface area contributed by atoms with E-state index in [4.69, 9.17) is 0 Å². The number of carbonyl (C=O) groups excluding carboxylic acids is 1. The van der Waals surface area contributed by atoms with E-state index in [0.29, 0.717) is 17.3 Å². The molecular weight excluding hydrogens is 310 g/mol. The Hall–Kier alpha value is -2.67. The van der Waals surface area contributed by atoms with Gasteiger partial charge in [0.25, 0.3) is 0 Å². The van der Waals surface area contributed by atoms with Crippen LogP contribution in [-0.2, 0) is 4.79 Å². The Morgan fingerprint density at radius 3 is 2.83 bits per heavy atom. The predicted molar refractivity (Wildman–Crippen MR) is 90.1 cm³/mol. The number of benzene rings is 1. The van der Waals surface area contributed by atoms with Crippen molar-refractivity contribution in [1.82, 2.24) is 20.2 Å². The summed E-state index contributed by atoms with van der Waals surface area (Å²) >= 11 is 1.49. The van der Waals surface area contributed by atoms with Crippen LogP contribution in [0.5, 0.6) is 0 Å². The first-order valence-corrected chi connectivity index (χ1v) is 8.03. The van der Waals surface area contributed by atoms with E-state index in [1.54, 1.807) is 6.20 Å². The Morgan fingerprint density at radius 2 is 2.04 bits per heavy atom. The van der Waals surface area contributed by atoms with Crippen molar-refractivity contribution < 1.29 is 4.79 Å². The van der Waals surface area contributed by atoms with Gasteiger partial charge in [0.2, 0.25) is 11.9 Å². The number of anilines is 1. The maximum atomic E-state index is 12.0. The van der Waals surface area contributed by atoms with Crippen molar-refractivity contribution in [3.63, 3.8) is 0 Å². The summed E-state index contributed by atoms with van der Waals surface area (Å²) in [4.78, 5) is 21.5. The first kappa shape index (κ1) is 15.2. The lowest BCUT2D eigenvalue weighted by Crippen LogP contribution is -2.15. The smallest absolute Gasteiger partial charge is 0.249 e. The third-order valence-corrected chi connectivity index (χ3v) is 4.27. The molecule has 0 saturated heterocycles. The van der Waals surface area contributed by atoms with Crippen molar-refractivity contribution in [1.29, 1.82) is 0 Å². The predicted octanol–water partition coefficient (Wildman–Crippen LogP) is 2.91.